The summed E-state index contributed by atoms with van der Waals surface area (Å²) in [4.78, 5) is 16.4. The third-order valence-corrected chi connectivity index (χ3v) is 6.87. The van der Waals surface area contributed by atoms with Gasteiger partial charge in [-0.05, 0) is 43.2 Å². The Morgan fingerprint density at radius 2 is 1.88 bits per heavy atom. The number of halogens is 2. The smallest absolute Gasteiger partial charge is 0.244 e. The second-order valence-electron chi connectivity index (χ2n) is 5.96. The lowest BCUT2D eigenvalue weighted by Crippen LogP contribution is -2.41. The van der Waals surface area contributed by atoms with Crippen LogP contribution in [0.15, 0.2) is 47.5 Å². The molecule has 1 aliphatic rings. The van der Waals surface area contributed by atoms with Crippen molar-refractivity contribution in [3.05, 3.63) is 52.6 Å². The number of carbonyl (C=O) groups excluding carboxylic acids is 1. The minimum absolute atomic E-state index is 0.0111. The minimum atomic E-state index is -3.75. The molecule has 2 heterocycles. The van der Waals surface area contributed by atoms with Gasteiger partial charge in [-0.3, -0.25) is 4.79 Å². The molecular formula is C17H17Cl2N3O3S. The first-order valence-electron chi connectivity index (χ1n) is 8.05. The van der Waals surface area contributed by atoms with Gasteiger partial charge in [-0.25, -0.2) is 13.4 Å². The average Bonchev–Trinajstić information content (AvgIpc) is 2.64. The molecule has 1 aliphatic heterocycles. The monoisotopic (exact) mass is 413 g/mol. The fraction of sp³-hybridized carbons (Fsp3) is 0.294. The van der Waals surface area contributed by atoms with Crippen LogP contribution in [0.4, 0.5) is 5.82 Å². The highest BCUT2D eigenvalue weighted by molar-refractivity contribution is 7.89. The van der Waals surface area contributed by atoms with Crippen LogP contribution in [0.2, 0.25) is 10.0 Å². The van der Waals surface area contributed by atoms with Crippen molar-refractivity contribution >= 4 is 45.0 Å². The van der Waals surface area contributed by atoms with Crippen LogP contribution in [0, 0.1) is 5.92 Å². The molecule has 1 N–H and O–H groups in total. The maximum Gasteiger partial charge on any atom is 0.244 e. The highest BCUT2D eigenvalue weighted by Gasteiger charge is 2.33. The van der Waals surface area contributed by atoms with Crippen LogP contribution >= 0.6 is 23.2 Å². The summed E-state index contributed by atoms with van der Waals surface area (Å²) < 4.78 is 26.9. The Kier molecular flexibility index (Phi) is 5.82. The van der Waals surface area contributed by atoms with E-state index in [-0.39, 0.29) is 34.8 Å². The Morgan fingerprint density at radius 1 is 1.15 bits per heavy atom. The van der Waals surface area contributed by atoms with Gasteiger partial charge in [0.1, 0.15) is 10.7 Å². The quantitative estimate of drug-likeness (QED) is 0.832. The van der Waals surface area contributed by atoms with Crippen molar-refractivity contribution in [1.29, 1.82) is 0 Å². The predicted molar refractivity (Wildman–Crippen MR) is 101 cm³/mol. The molecular weight excluding hydrogens is 397 g/mol. The number of pyridine rings is 1. The number of nitrogens with zero attached hydrogens (tertiary/aromatic N) is 2. The van der Waals surface area contributed by atoms with Gasteiger partial charge in [0, 0.05) is 30.2 Å². The van der Waals surface area contributed by atoms with Gasteiger partial charge in [-0.1, -0.05) is 29.3 Å². The van der Waals surface area contributed by atoms with Crippen molar-refractivity contribution in [3.8, 4) is 0 Å². The summed E-state index contributed by atoms with van der Waals surface area (Å²) in [6.07, 6.45) is 2.45. The Balaban J connectivity index is 1.66. The van der Waals surface area contributed by atoms with Gasteiger partial charge in [0.05, 0.1) is 5.02 Å². The summed E-state index contributed by atoms with van der Waals surface area (Å²) in [6.45, 7) is 0.483. The van der Waals surface area contributed by atoms with Crippen LogP contribution in [0.3, 0.4) is 0 Å². The molecule has 1 amide bonds. The Labute approximate surface area is 162 Å². The third-order valence-electron chi connectivity index (χ3n) is 4.25. The van der Waals surface area contributed by atoms with Gasteiger partial charge in [0.15, 0.2) is 0 Å². The number of piperidine rings is 1. The fourth-order valence-corrected chi connectivity index (χ4v) is 5.04. The molecule has 1 saturated heterocycles. The average molecular weight is 414 g/mol. The normalized spacial score (nSPS) is 16.4. The van der Waals surface area contributed by atoms with Gasteiger partial charge >= 0.3 is 0 Å². The topological polar surface area (TPSA) is 79.4 Å². The Bertz CT molecular complexity index is 899. The molecule has 26 heavy (non-hydrogen) atoms. The molecule has 1 fully saturated rings. The Morgan fingerprint density at radius 3 is 2.54 bits per heavy atom. The molecule has 3 rings (SSSR count). The fourth-order valence-electron chi connectivity index (χ4n) is 2.84. The zero-order valence-electron chi connectivity index (χ0n) is 13.7. The number of benzene rings is 1. The molecule has 2 aromatic rings. The minimum Gasteiger partial charge on any atom is -0.310 e. The van der Waals surface area contributed by atoms with E-state index in [0.29, 0.717) is 23.7 Å². The van der Waals surface area contributed by atoms with Crippen molar-refractivity contribution < 1.29 is 13.2 Å². The van der Waals surface area contributed by atoms with Crippen LogP contribution < -0.4 is 5.32 Å². The van der Waals surface area contributed by atoms with E-state index in [1.165, 1.54) is 22.5 Å². The number of amides is 1. The van der Waals surface area contributed by atoms with E-state index >= 15 is 0 Å². The van der Waals surface area contributed by atoms with Crippen LogP contribution in [0.5, 0.6) is 0 Å². The van der Waals surface area contributed by atoms with Crippen LogP contribution in [-0.4, -0.2) is 36.7 Å². The van der Waals surface area contributed by atoms with Gasteiger partial charge < -0.3 is 5.32 Å². The number of hydrogen-bond acceptors (Lipinski definition) is 4. The molecule has 0 spiro atoms. The lowest BCUT2D eigenvalue weighted by atomic mass is 9.97. The van der Waals surface area contributed by atoms with E-state index in [9.17, 15) is 13.2 Å². The zero-order valence-corrected chi connectivity index (χ0v) is 16.1. The second kappa shape index (κ2) is 7.92. The van der Waals surface area contributed by atoms with E-state index in [2.05, 4.69) is 10.3 Å². The highest BCUT2D eigenvalue weighted by Crippen LogP contribution is 2.30. The second-order valence-corrected chi connectivity index (χ2v) is 8.71. The summed E-state index contributed by atoms with van der Waals surface area (Å²) in [6, 6.07) is 9.60. The SMILES string of the molecule is O=C(Nc1ccccn1)C1CCN(S(=O)(=O)c2cc(Cl)ccc2Cl)CC1. The maximum absolute atomic E-state index is 12.8. The standard InChI is InChI=1S/C17H17Cl2N3O3S/c18-13-4-5-14(19)15(11-13)26(24,25)22-9-6-12(7-10-22)17(23)21-16-3-1-2-8-20-16/h1-5,8,11-12H,6-7,9-10H2,(H,20,21,23). The molecule has 0 radical (unpaired) electrons. The molecule has 1 aromatic carbocycles. The lowest BCUT2D eigenvalue weighted by Gasteiger charge is -2.30. The van der Waals surface area contributed by atoms with E-state index in [0.717, 1.165) is 0 Å². The number of rotatable bonds is 4. The van der Waals surface area contributed by atoms with Gasteiger partial charge in [-0.15, -0.1) is 0 Å². The lowest BCUT2D eigenvalue weighted by molar-refractivity contribution is -0.120. The summed E-state index contributed by atoms with van der Waals surface area (Å²) in [5.74, 6) is 0.0677. The van der Waals surface area contributed by atoms with E-state index < -0.39 is 10.0 Å². The molecule has 6 nitrogen and oxygen atoms in total. The summed E-state index contributed by atoms with van der Waals surface area (Å²) >= 11 is 11.9. The number of aromatic nitrogens is 1. The Hall–Kier alpha value is -1.67. The van der Waals surface area contributed by atoms with E-state index in [4.69, 9.17) is 23.2 Å². The van der Waals surface area contributed by atoms with Crippen molar-refractivity contribution in [2.45, 2.75) is 17.7 Å². The van der Waals surface area contributed by atoms with E-state index in [1.807, 2.05) is 0 Å². The first-order valence-corrected chi connectivity index (χ1v) is 10.2. The number of hydrogen-bond donors (Lipinski definition) is 1. The highest BCUT2D eigenvalue weighted by atomic mass is 35.5. The van der Waals surface area contributed by atoms with Gasteiger partial charge in [0.2, 0.25) is 15.9 Å². The van der Waals surface area contributed by atoms with Crippen molar-refractivity contribution in [2.24, 2.45) is 5.92 Å². The first kappa shape index (κ1) is 19.1. The largest absolute Gasteiger partial charge is 0.310 e. The van der Waals surface area contributed by atoms with Gasteiger partial charge in [-0.2, -0.15) is 4.31 Å². The number of anilines is 1. The number of sulfonamides is 1. The molecule has 0 unspecified atom stereocenters. The molecule has 9 heteroatoms. The first-order chi connectivity index (χ1) is 12.4. The van der Waals surface area contributed by atoms with Crippen molar-refractivity contribution in [2.75, 3.05) is 18.4 Å². The zero-order chi connectivity index (χ0) is 18.7. The third kappa shape index (κ3) is 4.17. The van der Waals surface area contributed by atoms with Crippen molar-refractivity contribution in [1.82, 2.24) is 9.29 Å². The molecule has 1 aromatic heterocycles. The maximum atomic E-state index is 12.8. The molecule has 0 saturated carbocycles. The molecule has 0 aliphatic carbocycles. The summed E-state index contributed by atoms with van der Waals surface area (Å²) in [5.41, 5.74) is 0. The summed E-state index contributed by atoms with van der Waals surface area (Å²) in [7, 11) is -3.75. The van der Waals surface area contributed by atoms with Crippen LogP contribution in [0.1, 0.15) is 12.8 Å². The van der Waals surface area contributed by atoms with Crippen molar-refractivity contribution in [3.63, 3.8) is 0 Å². The van der Waals surface area contributed by atoms with E-state index in [1.54, 1.807) is 24.4 Å². The summed E-state index contributed by atoms with van der Waals surface area (Å²) in [5, 5.41) is 3.19. The van der Waals surface area contributed by atoms with Crippen LogP contribution in [0.25, 0.3) is 0 Å². The molecule has 0 atom stereocenters. The molecule has 138 valence electrons. The molecule has 0 bridgehead atoms. The predicted octanol–water partition coefficient (Wildman–Crippen LogP) is 3.43. The number of carbonyl (C=O) groups is 1. The van der Waals surface area contributed by atoms with Gasteiger partial charge in [0.25, 0.3) is 0 Å². The number of nitrogens with one attached hydrogen (secondary N) is 1. The van der Waals surface area contributed by atoms with Crippen LogP contribution in [-0.2, 0) is 14.8 Å².